The SMILES string of the molecule is CCCOc1ccc(/C=N\NC(=O)c2ccc(-c3csc(Nc4ccc(C)cc4)n3)cc2)cc1OC. The van der Waals surface area contributed by atoms with Gasteiger partial charge in [-0.3, -0.25) is 4.79 Å². The summed E-state index contributed by atoms with van der Waals surface area (Å²) in [6, 6.07) is 20.9. The molecule has 0 aliphatic rings. The fourth-order valence-corrected chi connectivity index (χ4v) is 4.08. The maximum atomic E-state index is 12.5. The van der Waals surface area contributed by atoms with Gasteiger partial charge in [-0.2, -0.15) is 5.10 Å². The van der Waals surface area contributed by atoms with Crippen molar-refractivity contribution in [1.29, 1.82) is 0 Å². The molecule has 0 fully saturated rings. The molecule has 8 heteroatoms. The summed E-state index contributed by atoms with van der Waals surface area (Å²) in [7, 11) is 1.59. The topological polar surface area (TPSA) is 84.8 Å². The van der Waals surface area contributed by atoms with Gasteiger partial charge in [0.25, 0.3) is 5.91 Å². The van der Waals surface area contributed by atoms with Crippen LogP contribution in [0, 0.1) is 6.92 Å². The molecule has 0 unspecified atom stereocenters. The third-order valence-electron chi connectivity index (χ3n) is 5.28. The summed E-state index contributed by atoms with van der Waals surface area (Å²) in [4.78, 5) is 17.2. The third kappa shape index (κ3) is 6.49. The fraction of sp³-hybridized carbons (Fsp3) is 0.179. The Morgan fingerprint density at radius 1 is 1.06 bits per heavy atom. The van der Waals surface area contributed by atoms with Gasteiger partial charge in [-0.25, -0.2) is 10.4 Å². The number of rotatable bonds is 10. The number of methoxy groups -OCH3 is 1. The lowest BCUT2D eigenvalue weighted by molar-refractivity contribution is 0.0955. The van der Waals surface area contributed by atoms with E-state index in [4.69, 9.17) is 9.47 Å². The van der Waals surface area contributed by atoms with Crippen LogP contribution in [-0.2, 0) is 0 Å². The summed E-state index contributed by atoms with van der Waals surface area (Å²) in [6.45, 7) is 4.72. The number of amides is 1. The van der Waals surface area contributed by atoms with E-state index in [1.165, 1.54) is 16.9 Å². The number of nitrogens with one attached hydrogen (secondary N) is 2. The second-order valence-electron chi connectivity index (χ2n) is 8.06. The number of nitrogens with zero attached hydrogens (tertiary/aromatic N) is 2. The minimum atomic E-state index is -0.298. The largest absolute Gasteiger partial charge is 0.493 e. The molecule has 0 bridgehead atoms. The minimum Gasteiger partial charge on any atom is -0.493 e. The Hall–Kier alpha value is -4.17. The molecule has 1 heterocycles. The maximum Gasteiger partial charge on any atom is 0.271 e. The normalized spacial score (nSPS) is 10.9. The van der Waals surface area contributed by atoms with Crippen molar-refractivity contribution in [3.05, 3.63) is 88.8 Å². The van der Waals surface area contributed by atoms with Gasteiger partial charge in [-0.15, -0.1) is 11.3 Å². The maximum absolute atomic E-state index is 12.5. The van der Waals surface area contributed by atoms with Crippen LogP contribution in [0.5, 0.6) is 11.5 Å². The van der Waals surface area contributed by atoms with Gasteiger partial charge in [0.05, 0.1) is 25.6 Å². The third-order valence-corrected chi connectivity index (χ3v) is 6.04. The van der Waals surface area contributed by atoms with Gasteiger partial charge in [-0.1, -0.05) is 36.8 Å². The zero-order valence-corrected chi connectivity index (χ0v) is 21.3. The Morgan fingerprint density at radius 3 is 2.56 bits per heavy atom. The van der Waals surface area contributed by atoms with Gasteiger partial charge in [0, 0.05) is 22.2 Å². The first-order chi connectivity index (χ1) is 17.6. The molecule has 0 atom stereocenters. The zero-order chi connectivity index (χ0) is 25.3. The molecule has 36 heavy (non-hydrogen) atoms. The number of ether oxygens (including phenoxy) is 2. The summed E-state index contributed by atoms with van der Waals surface area (Å²) in [5.74, 6) is 1.00. The van der Waals surface area contributed by atoms with Gasteiger partial charge >= 0.3 is 0 Å². The number of hydrazone groups is 1. The van der Waals surface area contributed by atoms with E-state index in [2.05, 4.69) is 39.9 Å². The van der Waals surface area contributed by atoms with Crippen LogP contribution in [0.25, 0.3) is 11.3 Å². The molecule has 2 N–H and O–H groups in total. The zero-order valence-electron chi connectivity index (χ0n) is 20.4. The van der Waals surface area contributed by atoms with Crippen molar-refractivity contribution in [1.82, 2.24) is 10.4 Å². The number of hydrogen-bond donors (Lipinski definition) is 2. The standard InChI is InChI=1S/C28H28N4O3S/c1-4-15-35-25-14-7-20(16-26(25)34-3)17-29-32-27(33)22-10-8-21(9-11-22)24-18-36-28(31-24)30-23-12-5-19(2)6-13-23/h5-14,16-18H,4,15H2,1-3H3,(H,30,31)(H,32,33)/b29-17-. The molecule has 0 saturated heterocycles. The van der Waals surface area contributed by atoms with Crippen molar-refractivity contribution in [2.45, 2.75) is 20.3 Å². The lowest BCUT2D eigenvalue weighted by Crippen LogP contribution is -2.17. The second-order valence-corrected chi connectivity index (χ2v) is 8.92. The predicted octanol–water partition coefficient (Wildman–Crippen LogP) is 6.42. The summed E-state index contributed by atoms with van der Waals surface area (Å²) in [5.41, 5.74) is 7.83. The molecule has 3 aromatic carbocycles. The minimum absolute atomic E-state index is 0.298. The van der Waals surface area contributed by atoms with Crippen LogP contribution < -0.4 is 20.2 Å². The first-order valence-electron chi connectivity index (χ1n) is 11.6. The lowest BCUT2D eigenvalue weighted by atomic mass is 10.1. The van der Waals surface area contributed by atoms with Crippen LogP contribution >= 0.6 is 11.3 Å². The Morgan fingerprint density at radius 2 is 1.83 bits per heavy atom. The van der Waals surface area contributed by atoms with Crippen LogP contribution in [-0.4, -0.2) is 30.8 Å². The highest BCUT2D eigenvalue weighted by Crippen LogP contribution is 2.28. The van der Waals surface area contributed by atoms with E-state index in [0.29, 0.717) is 23.7 Å². The first kappa shape index (κ1) is 24.9. The van der Waals surface area contributed by atoms with E-state index in [1.807, 2.05) is 54.8 Å². The van der Waals surface area contributed by atoms with Gasteiger partial charge in [0.2, 0.25) is 0 Å². The highest BCUT2D eigenvalue weighted by atomic mass is 32.1. The van der Waals surface area contributed by atoms with Gasteiger partial charge in [0.15, 0.2) is 16.6 Å². The van der Waals surface area contributed by atoms with Crippen LogP contribution in [0.15, 0.2) is 77.2 Å². The average Bonchev–Trinajstić information content (AvgIpc) is 3.37. The number of aromatic nitrogens is 1. The summed E-state index contributed by atoms with van der Waals surface area (Å²) in [6.07, 6.45) is 2.48. The first-order valence-corrected chi connectivity index (χ1v) is 12.5. The summed E-state index contributed by atoms with van der Waals surface area (Å²) < 4.78 is 11.0. The molecule has 1 aromatic heterocycles. The Balaban J connectivity index is 1.35. The monoisotopic (exact) mass is 500 g/mol. The van der Waals surface area contributed by atoms with Gasteiger partial charge < -0.3 is 14.8 Å². The highest BCUT2D eigenvalue weighted by molar-refractivity contribution is 7.14. The van der Waals surface area contributed by atoms with E-state index < -0.39 is 0 Å². The van der Waals surface area contributed by atoms with Crippen molar-refractivity contribution in [2.75, 3.05) is 19.0 Å². The molecule has 0 aliphatic heterocycles. The van der Waals surface area contributed by atoms with E-state index in [-0.39, 0.29) is 5.91 Å². The smallest absolute Gasteiger partial charge is 0.271 e. The van der Waals surface area contributed by atoms with Crippen LogP contribution in [0.1, 0.15) is 34.8 Å². The number of hydrogen-bond acceptors (Lipinski definition) is 7. The molecule has 7 nitrogen and oxygen atoms in total. The van der Waals surface area contributed by atoms with E-state index in [9.17, 15) is 4.79 Å². The number of aryl methyl sites for hydroxylation is 1. The number of benzene rings is 3. The van der Waals surface area contributed by atoms with Crippen molar-refractivity contribution in [3.8, 4) is 22.8 Å². The second kappa shape index (κ2) is 12.0. The fourth-order valence-electron chi connectivity index (χ4n) is 3.34. The Kier molecular flexibility index (Phi) is 8.31. The average molecular weight is 501 g/mol. The van der Waals surface area contributed by atoms with Crippen molar-refractivity contribution < 1.29 is 14.3 Å². The van der Waals surface area contributed by atoms with Crippen molar-refractivity contribution in [3.63, 3.8) is 0 Å². The lowest BCUT2D eigenvalue weighted by Gasteiger charge is -2.10. The number of thiazole rings is 1. The number of carbonyl (C=O) groups excluding carboxylic acids is 1. The van der Waals surface area contributed by atoms with Crippen LogP contribution in [0.4, 0.5) is 10.8 Å². The van der Waals surface area contributed by atoms with E-state index in [0.717, 1.165) is 34.1 Å². The molecule has 4 aromatic rings. The summed E-state index contributed by atoms with van der Waals surface area (Å²) >= 11 is 1.53. The predicted molar refractivity (Wildman–Crippen MR) is 146 cm³/mol. The molecular formula is C28H28N4O3S. The molecule has 0 spiro atoms. The highest BCUT2D eigenvalue weighted by Gasteiger charge is 2.09. The van der Waals surface area contributed by atoms with E-state index in [1.54, 1.807) is 25.5 Å². The molecule has 1 amide bonds. The molecule has 4 rings (SSSR count). The van der Waals surface area contributed by atoms with Crippen molar-refractivity contribution in [2.24, 2.45) is 5.10 Å². The quantitative estimate of drug-likeness (QED) is 0.194. The Labute approximate surface area is 214 Å². The molecule has 184 valence electrons. The van der Waals surface area contributed by atoms with Gasteiger partial charge in [0.1, 0.15) is 0 Å². The van der Waals surface area contributed by atoms with Gasteiger partial charge in [-0.05, 0) is 61.4 Å². The molecule has 0 aliphatic carbocycles. The molecular weight excluding hydrogens is 472 g/mol. The van der Waals surface area contributed by atoms with Crippen LogP contribution in [0.2, 0.25) is 0 Å². The van der Waals surface area contributed by atoms with Crippen LogP contribution in [0.3, 0.4) is 0 Å². The number of carbonyl (C=O) groups is 1. The van der Waals surface area contributed by atoms with Crippen molar-refractivity contribution >= 4 is 34.3 Å². The summed E-state index contributed by atoms with van der Waals surface area (Å²) in [5, 5.41) is 10.2. The molecule has 0 radical (unpaired) electrons. The Bertz CT molecular complexity index is 1330. The molecule has 0 saturated carbocycles. The van der Waals surface area contributed by atoms with E-state index >= 15 is 0 Å². The number of anilines is 2.